The third-order valence-electron chi connectivity index (χ3n) is 2.56. The molecule has 1 rings (SSSR count). The highest BCUT2D eigenvalue weighted by atomic mass is 32.2. The van der Waals surface area contributed by atoms with Gasteiger partial charge in [-0.25, -0.2) is 18.4 Å². The molecule has 0 aliphatic heterocycles. The minimum absolute atomic E-state index is 0.180. The van der Waals surface area contributed by atoms with Gasteiger partial charge in [0.2, 0.25) is 15.0 Å². The standard InChI is InChI=1S/C10H14N2O3S/c1-8(4-7-13)9(2)16(14,15)10-11-5-3-6-12-10/h3,5-9H,4H2,1-2H3/t8-,9?/m0/s1. The van der Waals surface area contributed by atoms with Crippen LogP contribution in [-0.2, 0) is 14.6 Å². The average molecular weight is 242 g/mol. The highest BCUT2D eigenvalue weighted by Crippen LogP contribution is 2.19. The maximum atomic E-state index is 12.0. The first-order valence-electron chi connectivity index (χ1n) is 4.94. The van der Waals surface area contributed by atoms with Gasteiger partial charge >= 0.3 is 0 Å². The fourth-order valence-electron chi connectivity index (χ4n) is 1.25. The molecule has 88 valence electrons. The van der Waals surface area contributed by atoms with E-state index in [1.807, 2.05) is 0 Å². The Balaban J connectivity index is 2.99. The predicted octanol–water partition coefficient (Wildman–Crippen LogP) is 0.864. The van der Waals surface area contributed by atoms with E-state index in [1.54, 1.807) is 19.9 Å². The molecule has 0 aliphatic rings. The number of aldehydes is 1. The molecular weight excluding hydrogens is 228 g/mol. The summed E-state index contributed by atoms with van der Waals surface area (Å²) in [7, 11) is -3.54. The molecule has 1 aromatic heterocycles. The van der Waals surface area contributed by atoms with Crippen molar-refractivity contribution in [3.8, 4) is 0 Å². The van der Waals surface area contributed by atoms with Gasteiger partial charge < -0.3 is 4.79 Å². The van der Waals surface area contributed by atoms with Crippen molar-refractivity contribution in [1.29, 1.82) is 0 Å². The number of hydrogen-bond acceptors (Lipinski definition) is 5. The van der Waals surface area contributed by atoms with E-state index in [0.29, 0.717) is 0 Å². The van der Waals surface area contributed by atoms with Gasteiger partial charge in [0, 0.05) is 18.8 Å². The van der Waals surface area contributed by atoms with Crippen molar-refractivity contribution in [3.05, 3.63) is 18.5 Å². The van der Waals surface area contributed by atoms with Gasteiger partial charge in [-0.3, -0.25) is 0 Å². The van der Waals surface area contributed by atoms with Crippen molar-refractivity contribution in [2.75, 3.05) is 0 Å². The van der Waals surface area contributed by atoms with Crippen LogP contribution in [0, 0.1) is 5.92 Å². The number of carbonyl (C=O) groups excluding carboxylic acids is 1. The summed E-state index contributed by atoms with van der Waals surface area (Å²) in [5, 5.41) is -0.847. The number of hydrogen-bond donors (Lipinski definition) is 0. The Hall–Kier alpha value is -1.30. The minimum atomic E-state index is -3.54. The molecule has 2 atom stereocenters. The number of rotatable bonds is 5. The minimum Gasteiger partial charge on any atom is -0.303 e. The maximum Gasteiger partial charge on any atom is 0.247 e. The molecule has 16 heavy (non-hydrogen) atoms. The summed E-state index contributed by atoms with van der Waals surface area (Å²) in [4.78, 5) is 17.8. The number of aromatic nitrogens is 2. The highest BCUT2D eigenvalue weighted by molar-refractivity contribution is 7.91. The normalized spacial score (nSPS) is 15.4. The smallest absolute Gasteiger partial charge is 0.247 e. The number of sulfone groups is 1. The van der Waals surface area contributed by atoms with E-state index in [4.69, 9.17) is 0 Å². The fourth-order valence-corrected chi connectivity index (χ4v) is 2.72. The van der Waals surface area contributed by atoms with Crippen LogP contribution >= 0.6 is 0 Å². The predicted molar refractivity (Wildman–Crippen MR) is 58.5 cm³/mol. The molecule has 0 saturated heterocycles. The Morgan fingerprint density at radius 2 is 1.88 bits per heavy atom. The van der Waals surface area contributed by atoms with Crippen molar-refractivity contribution in [3.63, 3.8) is 0 Å². The molecule has 6 heteroatoms. The summed E-state index contributed by atoms with van der Waals surface area (Å²) in [5.41, 5.74) is 0. The van der Waals surface area contributed by atoms with E-state index in [9.17, 15) is 13.2 Å². The topological polar surface area (TPSA) is 77.0 Å². The van der Waals surface area contributed by atoms with E-state index >= 15 is 0 Å². The summed E-state index contributed by atoms with van der Waals surface area (Å²) in [6.07, 6.45) is 3.71. The molecule has 5 nitrogen and oxygen atoms in total. The van der Waals surface area contributed by atoms with Crippen molar-refractivity contribution < 1.29 is 13.2 Å². The van der Waals surface area contributed by atoms with Crippen LogP contribution in [0.25, 0.3) is 0 Å². The van der Waals surface area contributed by atoms with Crippen LogP contribution in [-0.4, -0.2) is 29.9 Å². The van der Waals surface area contributed by atoms with Gasteiger partial charge in [0.15, 0.2) is 0 Å². The lowest BCUT2D eigenvalue weighted by atomic mass is 10.1. The van der Waals surface area contributed by atoms with Crippen LogP contribution in [0.4, 0.5) is 0 Å². The fraction of sp³-hybridized carbons (Fsp3) is 0.500. The Morgan fingerprint density at radius 3 is 2.38 bits per heavy atom. The lowest BCUT2D eigenvalue weighted by molar-refractivity contribution is -0.108. The van der Waals surface area contributed by atoms with E-state index < -0.39 is 15.1 Å². The zero-order chi connectivity index (χ0) is 12.2. The van der Waals surface area contributed by atoms with Gasteiger partial charge in [0.25, 0.3) is 0 Å². The molecule has 1 unspecified atom stereocenters. The van der Waals surface area contributed by atoms with Crippen molar-refractivity contribution >= 4 is 16.1 Å². The van der Waals surface area contributed by atoms with Gasteiger partial charge in [0.1, 0.15) is 6.29 Å². The van der Waals surface area contributed by atoms with Crippen LogP contribution in [0.3, 0.4) is 0 Å². The molecular formula is C10H14N2O3S. The van der Waals surface area contributed by atoms with Gasteiger partial charge in [-0.15, -0.1) is 0 Å². The molecule has 0 saturated carbocycles. The van der Waals surface area contributed by atoms with Crippen molar-refractivity contribution in [2.45, 2.75) is 30.7 Å². The molecule has 0 fully saturated rings. The first kappa shape index (κ1) is 12.8. The Labute approximate surface area is 94.8 Å². The van der Waals surface area contributed by atoms with Crippen LogP contribution < -0.4 is 0 Å². The van der Waals surface area contributed by atoms with E-state index in [1.165, 1.54) is 12.4 Å². The van der Waals surface area contributed by atoms with E-state index in [0.717, 1.165) is 6.29 Å². The zero-order valence-corrected chi connectivity index (χ0v) is 10.0. The van der Waals surface area contributed by atoms with E-state index in [-0.39, 0.29) is 17.5 Å². The maximum absolute atomic E-state index is 12.0. The second-order valence-corrected chi connectivity index (χ2v) is 5.86. The number of nitrogens with zero attached hydrogens (tertiary/aromatic N) is 2. The summed E-state index contributed by atoms with van der Waals surface area (Å²) in [5.74, 6) is -0.244. The molecule has 0 aliphatic carbocycles. The summed E-state index contributed by atoms with van der Waals surface area (Å²) in [6, 6.07) is 1.55. The van der Waals surface area contributed by atoms with E-state index in [2.05, 4.69) is 9.97 Å². The van der Waals surface area contributed by atoms with Crippen LogP contribution in [0.5, 0.6) is 0 Å². The zero-order valence-electron chi connectivity index (χ0n) is 9.20. The summed E-state index contributed by atoms with van der Waals surface area (Å²) >= 11 is 0. The van der Waals surface area contributed by atoms with Crippen LogP contribution in [0.1, 0.15) is 20.3 Å². The van der Waals surface area contributed by atoms with Crippen molar-refractivity contribution in [2.24, 2.45) is 5.92 Å². The highest BCUT2D eigenvalue weighted by Gasteiger charge is 2.30. The Kier molecular flexibility index (Phi) is 4.12. The van der Waals surface area contributed by atoms with Gasteiger partial charge in [-0.05, 0) is 18.9 Å². The molecule has 0 bridgehead atoms. The Bertz CT molecular complexity index is 444. The van der Waals surface area contributed by atoms with Gasteiger partial charge in [-0.1, -0.05) is 6.92 Å². The Morgan fingerprint density at radius 1 is 1.31 bits per heavy atom. The number of carbonyl (C=O) groups is 1. The second kappa shape index (κ2) is 5.16. The third kappa shape index (κ3) is 2.63. The molecule has 0 spiro atoms. The molecule has 0 amide bonds. The third-order valence-corrected chi connectivity index (χ3v) is 4.72. The quantitative estimate of drug-likeness (QED) is 0.565. The van der Waals surface area contributed by atoms with Gasteiger partial charge in [-0.2, -0.15) is 0 Å². The largest absolute Gasteiger partial charge is 0.303 e. The molecule has 1 heterocycles. The average Bonchev–Trinajstić information content (AvgIpc) is 2.29. The lowest BCUT2D eigenvalue weighted by Crippen LogP contribution is -2.27. The van der Waals surface area contributed by atoms with Crippen LogP contribution in [0.15, 0.2) is 23.6 Å². The summed E-state index contributed by atoms with van der Waals surface area (Å²) in [6.45, 7) is 3.29. The molecule has 0 aromatic carbocycles. The lowest BCUT2D eigenvalue weighted by Gasteiger charge is -2.16. The molecule has 0 radical (unpaired) electrons. The van der Waals surface area contributed by atoms with Crippen molar-refractivity contribution in [1.82, 2.24) is 9.97 Å². The van der Waals surface area contributed by atoms with Gasteiger partial charge in [0.05, 0.1) is 5.25 Å². The summed E-state index contributed by atoms with van der Waals surface area (Å²) < 4.78 is 24.0. The SMILES string of the molecule is CC([C@@H](C)CC=O)S(=O)(=O)c1ncccn1. The first-order chi connectivity index (χ1) is 7.50. The first-order valence-corrected chi connectivity index (χ1v) is 6.49. The van der Waals surface area contributed by atoms with Crippen LogP contribution in [0.2, 0.25) is 0 Å². The second-order valence-electron chi connectivity index (χ2n) is 3.66. The monoisotopic (exact) mass is 242 g/mol. The molecule has 1 aromatic rings. The molecule has 0 N–H and O–H groups in total.